The summed E-state index contributed by atoms with van der Waals surface area (Å²) in [5, 5.41) is 0. The Balaban J connectivity index is 1.99. The van der Waals surface area contributed by atoms with Crippen LogP contribution in [0.4, 0.5) is 0 Å². The average molecular weight is 241 g/mol. The van der Waals surface area contributed by atoms with Crippen LogP contribution in [0.2, 0.25) is 0 Å². The van der Waals surface area contributed by atoms with E-state index < -0.39 is 0 Å². The number of hydrogen-bond donors (Lipinski definition) is 1. The van der Waals surface area contributed by atoms with E-state index in [1.54, 1.807) is 0 Å². The molecular formula is C14H31N3. The zero-order valence-electron chi connectivity index (χ0n) is 11.8. The quantitative estimate of drug-likeness (QED) is 0.658. The first kappa shape index (κ1) is 14.9. The Hall–Kier alpha value is -0.120. The van der Waals surface area contributed by atoms with Crippen molar-refractivity contribution in [2.24, 2.45) is 11.7 Å². The van der Waals surface area contributed by atoms with E-state index in [1.807, 2.05) is 0 Å². The molecule has 0 atom stereocenters. The molecule has 0 spiro atoms. The molecule has 3 heteroatoms. The van der Waals surface area contributed by atoms with Gasteiger partial charge in [-0.05, 0) is 71.9 Å². The maximum atomic E-state index is 5.49. The summed E-state index contributed by atoms with van der Waals surface area (Å²) in [5.74, 6) is 0.929. The summed E-state index contributed by atoms with van der Waals surface area (Å²) in [7, 11) is 4.37. The van der Waals surface area contributed by atoms with Crippen LogP contribution in [0.25, 0.3) is 0 Å². The molecule has 1 rings (SSSR count). The molecule has 0 unspecified atom stereocenters. The van der Waals surface area contributed by atoms with Gasteiger partial charge in [0.25, 0.3) is 0 Å². The van der Waals surface area contributed by atoms with Crippen molar-refractivity contribution in [3.05, 3.63) is 0 Å². The van der Waals surface area contributed by atoms with Gasteiger partial charge in [-0.25, -0.2) is 0 Å². The minimum absolute atomic E-state index is 0.857. The number of likely N-dealkylation sites (tertiary alicyclic amines) is 1. The first-order valence-corrected chi connectivity index (χ1v) is 7.29. The van der Waals surface area contributed by atoms with Crippen molar-refractivity contribution in [2.75, 3.05) is 46.8 Å². The summed E-state index contributed by atoms with van der Waals surface area (Å²) in [4.78, 5) is 4.97. The Morgan fingerprint density at radius 1 is 1.06 bits per heavy atom. The molecular weight excluding hydrogens is 210 g/mol. The lowest BCUT2D eigenvalue weighted by atomic mass is 9.96. The normalized spacial score (nSPS) is 19.1. The Bertz CT molecular complexity index is 174. The first-order valence-electron chi connectivity index (χ1n) is 7.29. The predicted molar refractivity (Wildman–Crippen MR) is 75.2 cm³/mol. The number of nitrogens with zero attached hydrogens (tertiary/aromatic N) is 2. The lowest BCUT2D eigenvalue weighted by Crippen LogP contribution is -2.37. The van der Waals surface area contributed by atoms with Crippen LogP contribution in [0.5, 0.6) is 0 Å². The molecule has 0 aromatic heterocycles. The molecule has 0 amide bonds. The summed E-state index contributed by atoms with van der Waals surface area (Å²) < 4.78 is 0. The molecule has 0 saturated carbocycles. The van der Waals surface area contributed by atoms with E-state index in [4.69, 9.17) is 5.73 Å². The molecule has 102 valence electrons. The van der Waals surface area contributed by atoms with Gasteiger partial charge in [0.1, 0.15) is 0 Å². The first-order chi connectivity index (χ1) is 8.22. The standard InChI is InChI=1S/C14H31N3/c1-16(2)13-14-7-11-17(12-8-14)10-6-4-3-5-9-15/h14H,3-13,15H2,1-2H3. The molecule has 0 radical (unpaired) electrons. The Morgan fingerprint density at radius 3 is 2.29 bits per heavy atom. The van der Waals surface area contributed by atoms with Crippen LogP contribution in [0.3, 0.4) is 0 Å². The van der Waals surface area contributed by atoms with Crippen LogP contribution in [0.15, 0.2) is 0 Å². The van der Waals surface area contributed by atoms with E-state index in [9.17, 15) is 0 Å². The average Bonchev–Trinajstić information content (AvgIpc) is 2.30. The summed E-state index contributed by atoms with van der Waals surface area (Å²) in [6.07, 6.45) is 8.01. The molecule has 1 aliphatic heterocycles. The van der Waals surface area contributed by atoms with Gasteiger partial charge in [0.05, 0.1) is 0 Å². The maximum absolute atomic E-state index is 5.49. The summed E-state index contributed by atoms with van der Waals surface area (Å²) in [6.45, 7) is 6.06. The lowest BCUT2D eigenvalue weighted by Gasteiger charge is -2.33. The topological polar surface area (TPSA) is 32.5 Å². The minimum Gasteiger partial charge on any atom is -0.330 e. The van der Waals surface area contributed by atoms with Crippen LogP contribution >= 0.6 is 0 Å². The van der Waals surface area contributed by atoms with Crippen molar-refractivity contribution in [1.82, 2.24) is 9.80 Å². The largest absolute Gasteiger partial charge is 0.330 e. The molecule has 3 nitrogen and oxygen atoms in total. The van der Waals surface area contributed by atoms with Gasteiger partial charge < -0.3 is 15.5 Å². The van der Waals surface area contributed by atoms with Gasteiger partial charge in [0.2, 0.25) is 0 Å². The van der Waals surface area contributed by atoms with Crippen LogP contribution in [0.1, 0.15) is 38.5 Å². The molecule has 1 aliphatic rings. The molecule has 0 aliphatic carbocycles. The highest BCUT2D eigenvalue weighted by Crippen LogP contribution is 2.18. The van der Waals surface area contributed by atoms with Gasteiger partial charge in [-0.1, -0.05) is 12.8 Å². The van der Waals surface area contributed by atoms with E-state index in [0.29, 0.717) is 0 Å². The third-order valence-corrected chi connectivity index (χ3v) is 3.76. The second-order valence-corrected chi connectivity index (χ2v) is 5.75. The molecule has 0 bridgehead atoms. The van der Waals surface area contributed by atoms with Gasteiger partial charge in [0.15, 0.2) is 0 Å². The zero-order chi connectivity index (χ0) is 12.5. The molecule has 1 heterocycles. The molecule has 1 fully saturated rings. The predicted octanol–water partition coefficient (Wildman–Crippen LogP) is 1.78. The van der Waals surface area contributed by atoms with E-state index in [0.717, 1.165) is 12.5 Å². The van der Waals surface area contributed by atoms with Crippen LogP contribution in [-0.4, -0.2) is 56.6 Å². The fraction of sp³-hybridized carbons (Fsp3) is 1.00. The van der Waals surface area contributed by atoms with Crippen molar-refractivity contribution in [3.63, 3.8) is 0 Å². The number of piperidine rings is 1. The Morgan fingerprint density at radius 2 is 1.71 bits per heavy atom. The lowest BCUT2D eigenvalue weighted by molar-refractivity contribution is 0.160. The zero-order valence-corrected chi connectivity index (χ0v) is 11.8. The van der Waals surface area contributed by atoms with Crippen molar-refractivity contribution in [1.29, 1.82) is 0 Å². The summed E-state index contributed by atoms with van der Waals surface area (Å²) in [6, 6.07) is 0. The summed E-state index contributed by atoms with van der Waals surface area (Å²) in [5.41, 5.74) is 5.49. The highest BCUT2D eigenvalue weighted by atomic mass is 15.1. The van der Waals surface area contributed by atoms with Gasteiger partial charge in [-0.3, -0.25) is 0 Å². The second kappa shape index (κ2) is 8.90. The third kappa shape index (κ3) is 7.02. The van der Waals surface area contributed by atoms with Crippen LogP contribution in [0, 0.1) is 5.92 Å². The van der Waals surface area contributed by atoms with E-state index in [1.165, 1.54) is 64.7 Å². The monoisotopic (exact) mass is 241 g/mol. The molecule has 2 N–H and O–H groups in total. The smallest absolute Gasteiger partial charge is 0.000451 e. The van der Waals surface area contributed by atoms with Crippen molar-refractivity contribution in [3.8, 4) is 0 Å². The van der Waals surface area contributed by atoms with Gasteiger partial charge >= 0.3 is 0 Å². The van der Waals surface area contributed by atoms with Gasteiger partial charge in [-0.2, -0.15) is 0 Å². The molecule has 17 heavy (non-hydrogen) atoms. The Kier molecular flexibility index (Phi) is 7.82. The molecule has 0 aromatic carbocycles. The minimum atomic E-state index is 0.857. The van der Waals surface area contributed by atoms with E-state index in [2.05, 4.69) is 23.9 Å². The SMILES string of the molecule is CN(C)CC1CCN(CCCCCCN)CC1. The number of unbranched alkanes of at least 4 members (excludes halogenated alkanes) is 3. The maximum Gasteiger partial charge on any atom is 0.000451 e. The van der Waals surface area contributed by atoms with Gasteiger partial charge in [-0.15, -0.1) is 0 Å². The number of rotatable bonds is 8. The van der Waals surface area contributed by atoms with E-state index in [-0.39, 0.29) is 0 Å². The second-order valence-electron chi connectivity index (χ2n) is 5.75. The van der Waals surface area contributed by atoms with Crippen LogP contribution in [-0.2, 0) is 0 Å². The number of nitrogens with two attached hydrogens (primary N) is 1. The molecule has 0 aromatic rings. The van der Waals surface area contributed by atoms with Crippen molar-refractivity contribution in [2.45, 2.75) is 38.5 Å². The molecule has 1 saturated heterocycles. The number of hydrogen-bond acceptors (Lipinski definition) is 3. The Labute approximate surface area is 107 Å². The van der Waals surface area contributed by atoms with Crippen LogP contribution < -0.4 is 5.73 Å². The van der Waals surface area contributed by atoms with E-state index >= 15 is 0 Å². The van der Waals surface area contributed by atoms with Gasteiger partial charge in [0, 0.05) is 6.54 Å². The highest BCUT2D eigenvalue weighted by molar-refractivity contribution is 4.73. The fourth-order valence-corrected chi connectivity index (χ4v) is 2.74. The third-order valence-electron chi connectivity index (χ3n) is 3.76. The fourth-order valence-electron chi connectivity index (χ4n) is 2.74. The highest BCUT2D eigenvalue weighted by Gasteiger charge is 2.18. The van der Waals surface area contributed by atoms with Crippen molar-refractivity contribution >= 4 is 0 Å². The summed E-state index contributed by atoms with van der Waals surface area (Å²) >= 11 is 0. The van der Waals surface area contributed by atoms with Crippen molar-refractivity contribution < 1.29 is 0 Å².